The first-order valence-corrected chi connectivity index (χ1v) is 4.63. The largest absolute Gasteiger partial charge is 0.312 e. The lowest BCUT2D eigenvalue weighted by Gasteiger charge is -2.02. The van der Waals surface area contributed by atoms with E-state index < -0.39 is 0 Å². The molecular weight excluding hydrogens is 181 g/mol. The molecule has 0 radical (unpaired) electrons. The van der Waals surface area contributed by atoms with Crippen molar-refractivity contribution in [3.63, 3.8) is 0 Å². The van der Waals surface area contributed by atoms with Gasteiger partial charge in [0.1, 0.15) is 11.7 Å². The Bertz CT molecular complexity index is 374. The highest BCUT2D eigenvalue weighted by Crippen LogP contribution is 2.26. The summed E-state index contributed by atoms with van der Waals surface area (Å²) in [6, 6.07) is 4.94. The zero-order valence-electron chi connectivity index (χ0n) is 7.76. The van der Waals surface area contributed by atoms with Crippen molar-refractivity contribution in [3.05, 3.63) is 29.6 Å². The number of benzene rings is 1. The standard InChI is InChI=1S/C10H12FN3/c11-8-4-2-5-9-7(8)3-1-6-10(13-9)14-12/h2,4-5H,1,3,6,12H2,(H,13,14). The van der Waals surface area contributed by atoms with Crippen LogP contribution in [0, 0.1) is 5.82 Å². The molecule has 0 atom stereocenters. The van der Waals surface area contributed by atoms with Crippen LogP contribution in [-0.2, 0) is 6.42 Å². The van der Waals surface area contributed by atoms with Gasteiger partial charge in [-0.1, -0.05) is 6.07 Å². The third kappa shape index (κ3) is 1.61. The van der Waals surface area contributed by atoms with Gasteiger partial charge in [-0.15, -0.1) is 0 Å². The smallest absolute Gasteiger partial charge is 0.128 e. The second-order valence-corrected chi connectivity index (χ2v) is 3.29. The van der Waals surface area contributed by atoms with Crippen LogP contribution in [0.3, 0.4) is 0 Å². The molecule has 1 aromatic rings. The van der Waals surface area contributed by atoms with Crippen LogP contribution in [0.5, 0.6) is 0 Å². The minimum atomic E-state index is -0.176. The van der Waals surface area contributed by atoms with Crippen LogP contribution in [0.4, 0.5) is 10.1 Å². The van der Waals surface area contributed by atoms with Crippen molar-refractivity contribution in [1.29, 1.82) is 0 Å². The second kappa shape index (κ2) is 3.75. The molecule has 0 saturated carbocycles. The number of amidine groups is 1. The summed E-state index contributed by atoms with van der Waals surface area (Å²) in [5.41, 5.74) is 3.91. The summed E-state index contributed by atoms with van der Waals surface area (Å²) in [5.74, 6) is 5.83. The molecule has 1 aliphatic heterocycles. The summed E-state index contributed by atoms with van der Waals surface area (Å²) in [5, 5.41) is 0. The normalized spacial score (nSPS) is 15.4. The lowest BCUT2D eigenvalue weighted by Crippen LogP contribution is -2.29. The Morgan fingerprint density at radius 2 is 2.21 bits per heavy atom. The first-order chi connectivity index (χ1) is 6.81. The van der Waals surface area contributed by atoms with Gasteiger partial charge in [0.05, 0.1) is 5.69 Å². The summed E-state index contributed by atoms with van der Waals surface area (Å²) in [6.45, 7) is 0. The first kappa shape index (κ1) is 9.15. The van der Waals surface area contributed by atoms with E-state index in [1.165, 1.54) is 6.07 Å². The molecular formula is C10H12FN3. The lowest BCUT2D eigenvalue weighted by atomic mass is 10.1. The number of nitrogens with one attached hydrogen (secondary N) is 1. The van der Waals surface area contributed by atoms with Crippen molar-refractivity contribution >= 4 is 11.5 Å². The van der Waals surface area contributed by atoms with Gasteiger partial charge >= 0.3 is 0 Å². The summed E-state index contributed by atoms with van der Waals surface area (Å²) < 4.78 is 13.4. The van der Waals surface area contributed by atoms with Crippen molar-refractivity contribution in [2.45, 2.75) is 19.3 Å². The Kier molecular flexibility index (Phi) is 2.45. The topological polar surface area (TPSA) is 50.4 Å². The highest BCUT2D eigenvalue weighted by atomic mass is 19.1. The number of fused-ring (bicyclic) bond motifs is 1. The maximum Gasteiger partial charge on any atom is 0.128 e. The SMILES string of the molecule is NNC1=Nc2cccc(F)c2CCC1. The Hall–Kier alpha value is -1.42. The van der Waals surface area contributed by atoms with Crippen LogP contribution in [-0.4, -0.2) is 5.84 Å². The fourth-order valence-electron chi connectivity index (χ4n) is 1.64. The van der Waals surface area contributed by atoms with Gasteiger partial charge in [-0.2, -0.15) is 0 Å². The summed E-state index contributed by atoms with van der Waals surface area (Å²) in [6.07, 6.45) is 2.36. The van der Waals surface area contributed by atoms with E-state index in [9.17, 15) is 4.39 Å². The number of aliphatic imine (C=N–C) groups is 1. The summed E-state index contributed by atoms with van der Waals surface area (Å²) >= 11 is 0. The second-order valence-electron chi connectivity index (χ2n) is 3.29. The molecule has 1 aliphatic rings. The predicted octanol–water partition coefficient (Wildman–Crippen LogP) is 1.66. The maximum atomic E-state index is 13.4. The van der Waals surface area contributed by atoms with E-state index in [1.54, 1.807) is 12.1 Å². The van der Waals surface area contributed by atoms with Crippen molar-refractivity contribution in [2.75, 3.05) is 0 Å². The number of hydrazine groups is 1. The van der Waals surface area contributed by atoms with Crippen molar-refractivity contribution in [3.8, 4) is 0 Å². The Labute approximate surface area is 81.8 Å². The van der Waals surface area contributed by atoms with Crippen LogP contribution >= 0.6 is 0 Å². The van der Waals surface area contributed by atoms with Crippen LogP contribution in [0.25, 0.3) is 0 Å². The molecule has 0 spiro atoms. The molecule has 0 amide bonds. The highest BCUT2D eigenvalue weighted by Gasteiger charge is 2.12. The average Bonchev–Trinajstić information content (AvgIpc) is 2.40. The van der Waals surface area contributed by atoms with Crippen molar-refractivity contribution in [1.82, 2.24) is 5.43 Å². The lowest BCUT2D eigenvalue weighted by molar-refractivity contribution is 0.607. The molecule has 4 heteroatoms. The number of hydrogen-bond donors (Lipinski definition) is 2. The first-order valence-electron chi connectivity index (χ1n) is 4.63. The molecule has 2 rings (SSSR count). The average molecular weight is 193 g/mol. The van der Waals surface area contributed by atoms with E-state index >= 15 is 0 Å². The van der Waals surface area contributed by atoms with Gasteiger partial charge in [-0.3, -0.25) is 0 Å². The number of nitrogens with zero attached hydrogens (tertiary/aromatic N) is 1. The fraction of sp³-hybridized carbons (Fsp3) is 0.300. The molecule has 74 valence electrons. The molecule has 0 aliphatic carbocycles. The van der Waals surface area contributed by atoms with E-state index in [0.717, 1.165) is 19.3 Å². The van der Waals surface area contributed by atoms with E-state index in [4.69, 9.17) is 5.84 Å². The van der Waals surface area contributed by atoms with Crippen LogP contribution in [0.15, 0.2) is 23.2 Å². The zero-order valence-corrected chi connectivity index (χ0v) is 7.76. The van der Waals surface area contributed by atoms with Crippen molar-refractivity contribution < 1.29 is 4.39 Å². The molecule has 0 bridgehead atoms. The Morgan fingerprint density at radius 1 is 1.36 bits per heavy atom. The molecule has 1 aromatic carbocycles. The Morgan fingerprint density at radius 3 is 3.00 bits per heavy atom. The molecule has 0 saturated heterocycles. The summed E-state index contributed by atoms with van der Waals surface area (Å²) in [7, 11) is 0. The quantitative estimate of drug-likeness (QED) is 0.486. The van der Waals surface area contributed by atoms with E-state index in [0.29, 0.717) is 17.1 Å². The van der Waals surface area contributed by atoms with Crippen LogP contribution in [0.2, 0.25) is 0 Å². The molecule has 0 unspecified atom stereocenters. The third-order valence-electron chi connectivity index (χ3n) is 2.36. The monoisotopic (exact) mass is 193 g/mol. The fourth-order valence-corrected chi connectivity index (χ4v) is 1.64. The molecule has 0 aromatic heterocycles. The molecule has 3 nitrogen and oxygen atoms in total. The van der Waals surface area contributed by atoms with Crippen LogP contribution in [0.1, 0.15) is 18.4 Å². The third-order valence-corrected chi connectivity index (χ3v) is 2.36. The molecule has 14 heavy (non-hydrogen) atoms. The van der Waals surface area contributed by atoms with E-state index in [-0.39, 0.29) is 5.82 Å². The van der Waals surface area contributed by atoms with E-state index in [1.807, 2.05) is 0 Å². The number of halogens is 1. The van der Waals surface area contributed by atoms with Gasteiger partial charge in [-0.25, -0.2) is 15.2 Å². The molecule has 1 heterocycles. The van der Waals surface area contributed by atoms with Gasteiger partial charge in [0.2, 0.25) is 0 Å². The molecule has 0 fully saturated rings. The number of nitrogens with two attached hydrogens (primary N) is 1. The van der Waals surface area contributed by atoms with Gasteiger partial charge in [0, 0.05) is 12.0 Å². The number of hydrogen-bond acceptors (Lipinski definition) is 3. The molecule has 3 N–H and O–H groups in total. The van der Waals surface area contributed by atoms with Gasteiger partial charge in [0.15, 0.2) is 0 Å². The summed E-state index contributed by atoms with van der Waals surface area (Å²) in [4.78, 5) is 4.26. The van der Waals surface area contributed by atoms with Gasteiger partial charge in [0.25, 0.3) is 0 Å². The minimum Gasteiger partial charge on any atom is -0.312 e. The van der Waals surface area contributed by atoms with Gasteiger partial charge < -0.3 is 5.43 Å². The predicted molar refractivity (Wildman–Crippen MR) is 53.8 cm³/mol. The van der Waals surface area contributed by atoms with E-state index in [2.05, 4.69) is 10.4 Å². The maximum absolute atomic E-state index is 13.4. The van der Waals surface area contributed by atoms with Crippen LogP contribution < -0.4 is 11.3 Å². The van der Waals surface area contributed by atoms with Crippen molar-refractivity contribution in [2.24, 2.45) is 10.8 Å². The minimum absolute atomic E-state index is 0.176. The number of rotatable bonds is 0. The van der Waals surface area contributed by atoms with Gasteiger partial charge in [-0.05, 0) is 25.0 Å². The zero-order chi connectivity index (χ0) is 9.97. The highest BCUT2D eigenvalue weighted by molar-refractivity contribution is 5.85. The Balaban J connectivity index is 2.47.